The van der Waals surface area contributed by atoms with Gasteiger partial charge in [-0.25, -0.2) is 4.79 Å². The molecule has 0 aromatic carbocycles. The van der Waals surface area contributed by atoms with E-state index in [1.54, 1.807) is 6.20 Å². The summed E-state index contributed by atoms with van der Waals surface area (Å²) in [6.45, 7) is 7.23. The van der Waals surface area contributed by atoms with E-state index in [4.69, 9.17) is 5.11 Å². The smallest absolute Gasteiger partial charge is 0.329 e. The molecule has 0 spiro atoms. The molecule has 0 aliphatic heterocycles. The quantitative estimate of drug-likeness (QED) is 0.506. The Morgan fingerprint density at radius 2 is 2.07 bits per heavy atom. The third-order valence-corrected chi connectivity index (χ3v) is 2.09. The second-order valence-electron chi connectivity index (χ2n) is 3.69. The minimum atomic E-state index is -0.883. The molecule has 82 valence electrons. The van der Waals surface area contributed by atoms with E-state index in [2.05, 4.69) is 25.7 Å². The number of carbonyl (C=O) groups is 1. The largest absolute Gasteiger partial charge is 0.478 e. The van der Waals surface area contributed by atoms with Gasteiger partial charge in [-0.3, -0.25) is 0 Å². The van der Waals surface area contributed by atoms with Crippen LogP contribution in [0.3, 0.4) is 0 Å². The lowest BCUT2D eigenvalue weighted by Gasteiger charge is -2.24. The van der Waals surface area contributed by atoms with Crippen LogP contribution < -0.4 is 0 Å². The number of carboxylic acid groups (broad SMARTS) is 1. The normalized spacial score (nSPS) is 11.1. The number of aliphatic carboxylic acids is 1. The Morgan fingerprint density at radius 3 is 2.50 bits per heavy atom. The third-order valence-electron chi connectivity index (χ3n) is 2.09. The van der Waals surface area contributed by atoms with Crippen molar-refractivity contribution < 1.29 is 9.90 Å². The van der Waals surface area contributed by atoms with Gasteiger partial charge in [0.05, 0.1) is 0 Å². The zero-order valence-corrected chi connectivity index (χ0v) is 9.36. The molecule has 0 amide bonds. The lowest BCUT2D eigenvalue weighted by Crippen LogP contribution is -2.26. The Bertz CT molecular complexity index is 188. The summed E-state index contributed by atoms with van der Waals surface area (Å²) in [4.78, 5) is 12.4. The molecule has 0 bridgehead atoms. The van der Waals surface area contributed by atoms with Gasteiger partial charge in [-0.15, -0.1) is 0 Å². The first-order chi connectivity index (χ1) is 6.57. The average Bonchev–Trinajstić information content (AvgIpc) is 2.10. The number of nitrogens with zero attached hydrogens (tertiary/aromatic N) is 1. The molecule has 0 aliphatic rings. The maximum absolute atomic E-state index is 10.3. The van der Waals surface area contributed by atoms with Gasteiger partial charge >= 0.3 is 5.97 Å². The number of rotatable bonds is 7. The first-order valence-electron chi connectivity index (χ1n) is 5.24. The molecular weight excluding hydrogens is 178 g/mol. The van der Waals surface area contributed by atoms with Crippen molar-refractivity contribution in [3.8, 4) is 0 Å². The fourth-order valence-electron chi connectivity index (χ4n) is 1.21. The first-order valence-corrected chi connectivity index (χ1v) is 5.24. The summed E-state index contributed by atoms with van der Waals surface area (Å²) in [5.74, 6) is -0.883. The molecule has 0 saturated carbocycles. The van der Waals surface area contributed by atoms with E-state index in [-0.39, 0.29) is 0 Å². The molecule has 0 atom stereocenters. The first kappa shape index (κ1) is 13.0. The van der Waals surface area contributed by atoms with Crippen molar-refractivity contribution in [1.29, 1.82) is 0 Å². The Labute approximate surface area is 86.4 Å². The van der Waals surface area contributed by atoms with Gasteiger partial charge in [0.25, 0.3) is 0 Å². The molecular formula is C11H21NO2. The molecule has 0 fully saturated rings. The van der Waals surface area contributed by atoms with Crippen LogP contribution in [0.15, 0.2) is 12.3 Å². The molecule has 0 aromatic heterocycles. The van der Waals surface area contributed by atoms with Crippen molar-refractivity contribution in [3.63, 3.8) is 0 Å². The highest BCUT2D eigenvalue weighted by atomic mass is 16.4. The molecule has 1 N–H and O–H groups in total. The summed E-state index contributed by atoms with van der Waals surface area (Å²) in [6, 6.07) is 0.363. The second kappa shape index (κ2) is 7.42. The molecule has 0 heterocycles. The van der Waals surface area contributed by atoms with Gasteiger partial charge < -0.3 is 10.0 Å². The van der Waals surface area contributed by atoms with E-state index in [0.717, 1.165) is 13.0 Å². The predicted octanol–water partition coefficient (Wildman–Crippen LogP) is 2.49. The minimum absolute atomic E-state index is 0.363. The van der Waals surface area contributed by atoms with Crippen molar-refractivity contribution in [3.05, 3.63) is 12.3 Å². The lowest BCUT2D eigenvalue weighted by atomic mass is 10.2. The topological polar surface area (TPSA) is 40.5 Å². The van der Waals surface area contributed by atoms with Gasteiger partial charge in [0, 0.05) is 24.9 Å². The van der Waals surface area contributed by atoms with Crippen molar-refractivity contribution in [2.75, 3.05) is 6.54 Å². The summed E-state index contributed by atoms with van der Waals surface area (Å²) in [7, 11) is 0. The van der Waals surface area contributed by atoms with E-state index in [1.165, 1.54) is 18.9 Å². The fourth-order valence-corrected chi connectivity index (χ4v) is 1.21. The van der Waals surface area contributed by atoms with Gasteiger partial charge in [-0.1, -0.05) is 19.8 Å². The van der Waals surface area contributed by atoms with Gasteiger partial charge in [0.2, 0.25) is 0 Å². The van der Waals surface area contributed by atoms with Gasteiger partial charge in [-0.2, -0.15) is 0 Å². The maximum atomic E-state index is 10.3. The Morgan fingerprint density at radius 1 is 1.43 bits per heavy atom. The van der Waals surface area contributed by atoms with Crippen molar-refractivity contribution >= 4 is 5.97 Å². The highest BCUT2D eigenvalue weighted by molar-refractivity contribution is 5.79. The molecule has 0 unspecified atom stereocenters. The summed E-state index contributed by atoms with van der Waals surface area (Å²) in [6.07, 6.45) is 6.38. The van der Waals surface area contributed by atoms with E-state index in [1.807, 2.05) is 0 Å². The molecule has 0 rings (SSSR count). The zero-order chi connectivity index (χ0) is 11.0. The van der Waals surface area contributed by atoms with Crippen molar-refractivity contribution in [2.24, 2.45) is 0 Å². The predicted molar refractivity (Wildman–Crippen MR) is 58.1 cm³/mol. The number of unbranched alkanes of at least 4 members (excludes halogenated alkanes) is 2. The zero-order valence-electron chi connectivity index (χ0n) is 9.36. The molecule has 0 aromatic rings. The Kier molecular flexibility index (Phi) is 6.89. The lowest BCUT2D eigenvalue weighted by molar-refractivity contribution is -0.131. The van der Waals surface area contributed by atoms with Gasteiger partial charge in [0.15, 0.2) is 0 Å². The molecule has 3 heteroatoms. The molecule has 0 saturated heterocycles. The van der Waals surface area contributed by atoms with Gasteiger partial charge in [-0.05, 0) is 20.3 Å². The fraction of sp³-hybridized carbons (Fsp3) is 0.727. The van der Waals surface area contributed by atoms with E-state index >= 15 is 0 Å². The van der Waals surface area contributed by atoms with Crippen molar-refractivity contribution in [1.82, 2.24) is 4.90 Å². The Balaban J connectivity index is 3.96. The molecule has 3 nitrogen and oxygen atoms in total. The maximum Gasteiger partial charge on any atom is 0.329 e. The van der Waals surface area contributed by atoms with E-state index in [0.29, 0.717) is 6.04 Å². The summed E-state index contributed by atoms with van der Waals surface area (Å²) in [5.41, 5.74) is 0. The minimum Gasteiger partial charge on any atom is -0.478 e. The Hall–Kier alpha value is -0.990. The van der Waals surface area contributed by atoms with Crippen LogP contribution in [0.2, 0.25) is 0 Å². The van der Waals surface area contributed by atoms with Crippen LogP contribution in [0.4, 0.5) is 0 Å². The summed E-state index contributed by atoms with van der Waals surface area (Å²) < 4.78 is 0. The number of carboxylic acids is 1. The van der Waals surface area contributed by atoms with Crippen LogP contribution in [0.25, 0.3) is 0 Å². The summed E-state index contributed by atoms with van der Waals surface area (Å²) in [5, 5.41) is 8.50. The third kappa shape index (κ3) is 6.52. The molecule has 14 heavy (non-hydrogen) atoms. The molecule has 0 aliphatic carbocycles. The van der Waals surface area contributed by atoms with E-state index in [9.17, 15) is 4.79 Å². The van der Waals surface area contributed by atoms with Gasteiger partial charge in [0.1, 0.15) is 0 Å². The monoisotopic (exact) mass is 199 g/mol. The van der Waals surface area contributed by atoms with Crippen LogP contribution in [0.5, 0.6) is 0 Å². The SMILES string of the molecule is CCCCCN(C=CC(=O)O)C(C)C. The van der Waals surface area contributed by atoms with Crippen LogP contribution in [0.1, 0.15) is 40.0 Å². The number of hydrogen-bond acceptors (Lipinski definition) is 2. The average molecular weight is 199 g/mol. The van der Waals surface area contributed by atoms with E-state index < -0.39 is 5.97 Å². The standard InChI is InChI=1S/C11H21NO2/c1-4-5-6-8-12(10(2)3)9-7-11(13)14/h7,9-10H,4-6,8H2,1-3H3,(H,13,14). The highest BCUT2D eigenvalue weighted by Gasteiger charge is 2.03. The highest BCUT2D eigenvalue weighted by Crippen LogP contribution is 2.03. The summed E-state index contributed by atoms with van der Waals surface area (Å²) >= 11 is 0. The van der Waals surface area contributed by atoms with Crippen LogP contribution in [0, 0.1) is 0 Å². The molecule has 0 radical (unpaired) electrons. The second-order valence-corrected chi connectivity index (χ2v) is 3.69. The van der Waals surface area contributed by atoms with Crippen LogP contribution in [-0.4, -0.2) is 28.6 Å². The van der Waals surface area contributed by atoms with Crippen LogP contribution in [-0.2, 0) is 4.79 Å². The number of hydrogen-bond donors (Lipinski definition) is 1. The van der Waals surface area contributed by atoms with Crippen LogP contribution >= 0.6 is 0 Å². The van der Waals surface area contributed by atoms with Crippen molar-refractivity contribution in [2.45, 2.75) is 46.1 Å².